The van der Waals surface area contributed by atoms with Crippen LogP contribution in [0.5, 0.6) is 0 Å². The minimum atomic E-state index is -0.344. The second kappa shape index (κ2) is 6.10. The van der Waals surface area contributed by atoms with Crippen molar-refractivity contribution in [1.29, 1.82) is 0 Å². The largest absolute Gasteiger partial charge is 0.271 e. The quantitative estimate of drug-likeness (QED) is 0.668. The lowest BCUT2D eigenvalue weighted by Crippen LogP contribution is -2.30. The van der Waals surface area contributed by atoms with Crippen molar-refractivity contribution in [3.63, 3.8) is 0 Å². The standard InChI is InChI=1S/C14H15ClFN3/c1-9-12(3-2-6-18-9)14(19-17)7-10-4-5-11(16)8-13(10)15/h2-6,8,14,19H,7,17H2,1H3. The molecular weight excluding hydrogens is 265 g/mol. The molecule has 0 aliphatic heterocycles. The molecule has 0 amide bonds. The minimum absolute atomic E-state index is 0.114. The Kier molecular flexibility index (Phi) is 4.47. The van der Waals surface area contributed by atoms with Gasteiger partial charge in [-0.2, -0.15) is 0 Å². The fourth-order valence-electron chi connectivity index (χ4n) is 2.03. The number of hydrogen-bond acceptors (Lipinski definition) is 3. The van der Waals surface area contributed by atoms with E-state index in [1.54, 1.807) is 12.3 Å². The molecule has 0 radical (unpaired) electrons. The zero-order valence-electron chi connectivity index (χ0n) is 10.5. The summed E-state index contributed by atoms with van der Waals surface area (Å²) < 4.78 is 13.0. The Morgan fingerprint density at radius 1 is 1.42 bits per heavy atom. The molecule has 0 fully saturated rings. The predicted octanol–water partition coefficient (Wildman–Crippen LogP) is 2.93. The monoisotopic (exact) mass is 279 g/mol. The van der Waals surface area contributed by atoms with Gasteiger partial charge in [-0.25, -0.2) is 4.39 Å². The summed E-state index contributed by atoms with van der Waals surface area (Å²) in [5, 5.41) is 0.404. The maximum atomic E-state index is 13.0. The molecular formula is C14H15ClFN3. The van der Waals surface area contributed by atoms with Gasteiger partial charge < -0.3 is 0 Å². The van der Waals surface area contributed by atoms with E-state index in [0.29, 0.717) is 11.4 Å². The highest BCUT2D eigenvalue weighted by Crippen LogP contribution is 2.24. The molecule has 5 heteroatoms. The van der Waals surface area contributed by atoms with Gasteiger partial charge in [0, 0.05) is 16.9 Å². The number of nitrogens with two attached hydrogens (primary N) is 1. The second-order valence-electron chi connectivity index (χ2n) is 4.34. The first-order valence-electron chi connectivity index (χ1n) is 5.93. The average Bonchev–Trinajstić information content (AvgIpc) is 2.39. The zero-order valence-corrected chi connectivity index (χ0v) is 11.3. The van der Waals surface area contributed by atoms with Crippen LogP contribution in [0.4, 0.5) is 4.39 Å². The maximum absolute atomic E-state index is 13.0. The smallest absolute Gasteiger partial charge is 0.124 e. The van der Waals surface area contributed by atoms with Crippen molar-refractivity contribution in [2.24, 2.45) is 5.84 Å². The van der Waals surface area contributed by atoms with Gasteiger partial charge in [0.2, 0.25) is 0 Å². The van der Waals surface area contributed by atoms with Crippen molar-refractivity contribution < 1.29 is 4.39 Å². The number of hydrazine groups is 1. The van der Waals surface area contributed by atoms with Crippen LogP contribution in [0.1, 0.15) is 22.9 Å². The Morgan fingerprint density at radius 2 is 2.21 bits per heavy atom. The van der Waals surface area contributed by atoms with Gasteiger partial charge in [0.1, 0.15) is 5.82 Å². The van der Waals surface area contributed by atoms with Crippen LogP contribution in [0.15, 0.2) is 36.5 Å². The van der Waals surface area contributed by atoms with Crippen molar-refractivity contribution in [3.8, 4) is 0 Å². The highest BCUT2D eigenvalue weighted by Gasteiger charge is 2.15. The van der Waals surface area contributed by atoms with Crippen LogP contribution in [-0.2, 0) is 6.42 Å². The number of halogens is 2. The Morgan fingerprint density at radius 3 is 2.84 bits per heavy atom. The van der Waals surface area contributed by atoms with Crippen LogP contribution in [-0.4, -0.2) is 4.98 Å². The first kappa shape index (κ1) is 13.9. The second-order valence-corrected chi connectivity index (χ2v) is 4.74. The van der Waals surface area contributed by atoms with Crippen LogP contribution in [0.3, 0.4) is 0 Å². The van der Waals surface area contributed by atoms with E-state index < -0.39 is 0 Å². The van der Waals surface area contributed by atoms with E-state index >= 15 is 0 Å². The van der Waals surface area contributed by atoms with Gasteiger partial charge in [-0.05, 0) is 42.7 Å². The maximum Gasteiger partial charge on any atom is 0.124 e. The number of nitrogens with one attached hydrogen (secondary N) is 1. The topological polar surface area (TPSA) is 50.9 Å². The van der Waals surface area contributed by atoms with Crippen molar-refractivity contribution in [3.05, 3.63) is 64.2 Å². The van der Waals surface area contributed by atoms with Crippen LogP contribution in [0.2, 0.25) is 5.02 Å². The van der Waals surface area contributed by atoms with Gasteiger partial charge >= 0.3 is 0 Å². The van der Waals surface area contributed by atoms with Gasteiger partial charge in [-0.15, -0.1) is 0 Å². The molecule has 0 saturated carbocycles. The van der Waals surface area contributed by atoms with E-state index in [4.69, 9.17) is 17.4 Å². The Labute approximate surface area is 116 Å². The van der Waals surface area contributed by atoms with Crippen LogP contribution >= 0.6 is 11.6 Å². The van der Waals surface area contributed by atoms with Crippen LogP contribution in [0, 0.1) is 12.7 Å². The summed E-state index contributed by atoms with van der Waals surface area (Å²) in [6.07, 6.45) is 2.30. The Hall–Kier alpha value is -1.49. The summed E-state index contributed by atoms with van der Waals surface area (Å²) in [6, 6.07) is 8.08. The van der Waals surface area contributed by atoms with Crippen molar-refractivity contribution >= 4 is 11.6 Å². The molecule has 0 aliphatic carbocycles. The molecule has 3 nitrogen and oxygen atoms in total. The molecule has 1 atom stereocenters. The molecule has 0 bridgehead atoms. The van der Waals surface area contributed by atoms with E-state index in [0.717, 1.165) is 16.8 Å². The number of pyridine rings is 1. The number of benzene rings is 1. The lowest BCUT2D eigenvalue weighted by atomic mass is 9.98. The van der Waals surface area contributed by atoms with E-state index in [9.17, 15) is 4.39 Å². The van der Waals surface area contributed by atoms with Gasteiger partial charge in [-0.1, -0.05) is 23.7 Å². The highest BCUT2D eigenvalue weighted by molar-refractivity contribution is 6.31. The average molecular weight is 280 g/mol. The van der Waals surface area contributed by atoms with Crippen molar-refractivity contribution in [1.82, 2.24) is 10.4 Å². The van der Waals surface area contributed by atoms with Gasteiger partial charge in [0.15, 0.2) is 0 Å². The summed E-state index contributed by atoms with van der Waals surface area (Å²) in [7, 11) is 0. The summed E-state index contributed by atoms with van der Waals surface area (Å²) in [4.78, 5) is 4.24. The van der Waals surface area contributed by atoms with Gasteiger partial charge in [0.05, 0.1) is 6.04 Å². The molecule has 0 saturated heterocycles. The predicted molar refractivity (Wildman–Crippen MR) is 74.2 cm³/mol. The molecule has 1 aromatic carbocycles. The third kappa shape index (κ3) is 3.29. The summed E-state index contributed by atoms with van der Waals surface area (Å²) in [6.45, 7) is 1.92. The lowest BCUT2D eigenvalue weighted by molar-refractivity contribution is 0.546. The first-order valence-corrected chi connectivity index (χ1v) is 6.31. The number of rotatable bonds is 4. The molecule has 19 heavy (non-hydrogen) atoms. The van der Waals surface area contributed by atoms with Crippen molar-refractivity contribution in [2.45, 2.75) is 19.4 Å². The Balaban J connectivity index is 2.27. The molecule has 1 aromatic heterocycles. The van der Waals surface area contributed by atoms with Crippen molar-refractivity contribution in [2.75, 3.05) is 0 Å². The third-order valence-electron chi connectivity index (χ3n) is 3.06. The van der Waals surface area contributed by atoms with E-state index in [2.05, 4.69) is 10.4 Å². The fraction of sp³-hybridized carbons (Fsp3) is 0.214. The van der Waals surface area contributed by atoms with E-state index in [1.807, 2.05) is 19.1 Å². The normalized spacial score (nSPS) is 12.4. The van der Waals surface area contributed by atoms with Gasteiger partial charge in [-0.3, -0.25) is 16.3 Å². The number of aromatic nitrogens is 1. The van der Waals surface area contributed by atoms with Crippen LogP contribution < -0.4 is 11.3 Å². The van der Waals surface area contributed by atoms with Gasteiger partial charge in [0.25, 0.3) is 0 Å². The lowest BCUT2D eigenvalue weighted by Gasteiger charge is -2.18. The van der Waals surface area contributed by atoms with E-state index in [-0.39, 0.29) is 11.9 Å². The molecule has 2 rings (SSSR count). The molecule has 3 N–H and O–H groups in total. The molecule has 0 spiro atoms. The molecule has 0 aliphatic rings. The number of nitrogens with zero attached hydrogens (tertiary/aromatic N) is 1. The van der Waals surface area contributed by atoms with E-state index in [1.165, 1.54) is 12.1 Å². The fourth-order valence-corrected chi connectivity index (χ4v) is 2.28. The molecule has 2 aromatic rings. The SMILES string of the molecule is Cc1ncccc1C(Cc1ccc(F)cc1Cl)NN. The molecule has 1 unspecified atom stereocenters. The summed E-state index contributed by atoms with van der Waals surface area (Å²) in [5.74, 6) is 5.26. The summed E-state index contributed by atoms with van der Waals surface area (Å²) in [5.41, 5.74) is 5.51. The first-order chi connectivity index (χ1) is 9.11. The highest BCUT2D eigenvalue weighted by atomic mass is 35.5. The number of hydrogen-bond donors (Lipinski definition) is 2. The number of aryl methyl sites for hydroxylation is 1. The summed E-state index contributed by atoms with van der Waals surface area (Å²) >= 11 is 6.03. The molecule has 100 valence electrons. The van der Waals surface area contributed by atoms with Crippen LogP contribution in [0.25, 0.3) is 0 Å². The minimum Gasteiger partial charge on any atom is -0.271 e. The molecule has 1 heterocycles. The Bertz CT molecular complexity index is 574. The zero-order chi connectivity index (χ0) is 13.8. The third-order valence-corrected chi connectivity index (χ3v) is 3.42.